The Labute approximate surface area is 391 Å². The highest BCUT2D eigenvalue weighted by Crippen LogP contribution is 2.42. The second kappa shape index (κ2) is 23.6. The van der Waals surface area contributed by atoms with E-state index in [-0.39, 0.29) is 54.4 Å². The Morgan fingerprint density at radius 1 is 0.969 bits per heavy atom. The van der Waals surface area contributed by atoms with Gasteiger partial charge in [-0.25, -0.2) is 4.79 Å². The number of ether oxygens (including phenoxy) is 5. The van der Waals surface area contributed by atoms with E-state index in [4.69, 9.17) is 28.1 Å². The molecule has 1 amide bonds. The number of fused-ring (bicyclic) bond motifs is 3. The first kappa shape index (κ1) is 55.0. The molecule has 3 aliphatic heterocycles. The number of rotatable bonds is 10. The van der Waals surface area contributed by atoms with Crippen molar-refractivity contribution in [3.8, 4) is 0 Å². The zero-order valence-electron chi connectivity index (χ0n) is 42.1. The number of aliphatic hydroxyl groups excluding tert-OH is 1. The molecule has 4 aliphatic rings. The standard InChI is InChI=1S/C51H85NO12Si/c1-15-23-61-42-29-36(20-21-39(42)53)27-33(5)45-35(7)41(64-65(13,14)50(8,9)10)30-40(54)37(16-2)25-31(3)24-32(4)26-43(59-11)46-44(60-12)28-34(6)51(58,63-46)47(55)48(56)52-22-18-17-19-38(52)49(57)62-45/h15,25,27,32,34-39,41-46,53,58H,1,16-24,26,28-30H2,2-14H3/b31-25+,33-27?. The molecule has 14 atom stereocenters. The second-order valence-electron chi connectivity index (χ2n) is 21.4. The van der Waals surface area contributed by atoms with E-state index < -0.39 is 92.4 Å². The summed E-state index contributed by atoms with van der Waals surface area (Å²) in [6.45, 7) is 26.7. The maximum absolute atomic E-state index is 14.8. The number of aliphatic hydroxyl groups is 2. The number of piperidine rings is 1. The average molecular weight is 932 g/mol. The third-order valence-corrected chi connectivity index (χ3v) is 19.7. The topological polar surface area (TPSA) is 167 Å². The molecule has 0 aromatic heterocycles. The zero-order valence-corrected chi connectivity index (χ0v) is 43.1. The first-order valence-electron chi connectivity index (χ1n) is 24.4. The molecule has 4 rings (SSSR count). The van der Waals surface area contributed by atoms with Crippen LogP contribution in [0.25, 0.3) is 0 Å². The summed E-state index contributed by atoms with van der Waals surface area (Å²) in [5.74, 6) is -6.97. The molecule has 370 valence electrons. The molecule has 3 heterocycles. The summed E-state index contributed by atoms with van der Waals surface area (Å²) >= 11 is 0. The van der Waals surface area contributed by atoms with Crippen LogP contribution in [0.3, 0.4) is 0 Å². The van der Waals surface area contributed by atoms with Gasteiger partial charge in [0.2, 0.25) is 5.79 Å². The van der Waals surface area contributed by atoms with E-state index in [2.05, 4.69) is 59.5 Å². The highest BCUT2D eigenvalue weighted by molar-refractivity contribution is 6.74. The highest BCUT2D eigenvalue weighted by atomic mass is 28.4. The largest absolute Gasteiger partial charge is 0.456 e. The van der Waals surface area contributed by atoms with Crippen molar-refractivity contribution in [2.24, 2.45) is 29.6 Å². The van der Waals surface area contributed by atoms with Gasteiger partial charge in [0.05, 0.1) is 37.1 Å². The number of cyclic esters (lactones) is 1. The van der Waals surface area contributed by atoms with Gasteiger partial charge in [0.25, 0.3) is 11.7 Å². The normalized spacial score (nSPS) is 38.0. The zero-order chi connectivity index (χ0) is 48.6. The van der Waals surface area contributed by atoms with Crippen LogP contribution in [0.5, 0.6) is 0 Å². The summed E-state index contributed by atoms with van der Waals surface area (Å²) in [7, 11) is 0.570. The van der Waals surface area contributed by atoms with Crippen LogP contribution in [-0.4, -0.2) is 129 Å². The van der Waals surface area contributed by atoms with Crippen molar-refractivity contribution in [3.05, 3.63) is 36.0 Å². The molecule has 1 aliphatic carbocycles. The summed E-state index contributed by atoms with van der Waals surface area (Å²) in [4.78, 5) is 59.7. The lowest BCUT2D eigenvalue weighted by Gasteiger charge is -2.47. The molecule has 14 heteroatoms. The van der Waals surface area contributed by atoms with Crippen molar-refractivity contribution in [1.82, 2.24) is 4.90 Å². The average Bonchev–Trinajstić information content (AvgIpc) is 3.25. The van der Waals surface area contributed by atoms with Crippen LogP contribution in [0.2, 0.25) is 18.1 Å². The van der Waals surface area contributed by atoms with E-state index in [9.17, 15) is 29.4 Å². The van der Waals surface area contributed by atoms with Gasteiger partial charge in [-0.1, -0.05) is 72.3 Å². The number of esters is 1. The van der Waals surface area contributed by atoms with Crippen LogP contribution in [0, 0.1) is 29.6 Å². The van der Waals surface area contributed by atoms with Crippen molar-refractivity contribution in [3.63, 3.8) is 0 Å². The van der Waals surface area contributed by atoms with Gasteiger partial charge in [-0.05, 0) is 114 Å². The predicted molar refractivity (Wildman–Crippen MR) is 253 cm³/mol. The molecular weight excluding hydrogens is 847 g/mol. The molecule has 2 bridgehead atoms. The number of ketones is 2. The van der Waals surface area contributed by atoms with Crippen LogP contribution >= 0.6 is 0 Å². The van der Waals surface area contributed by atoms with Gasteiger partial charge in [-0.3, -0.25) is 14.4 Å². The smallest absolute Gasteiger partial charge is 0.329 e. The molecule has 14 unspecified atom stereocenters. The molecule has 2 saturated heterocycles. The van der Waals surface area contributed by atoms with Crippen LogP contribution in [0.1, 0.15) is 133 Å². The van der Waals surface area contributed by atoms with Gasteiger partial charge < -0.3 is 43.2 Å². The molecule has 3 fully saturated rings. The summed E-state index contributed by atoms with van der Waals surface area (Å²) in [5.41, 5.74) is 1.80. The fourth-order valence-electron chi connectivity index (χ4n) is 10.2. The SMILES string of the molecule is C=CCOC1CC(C=C(C)C2OC(=O)C3CCCCN3C(=O)C(=O)C3(O)OC(C(OC)CC(C)C/C(C)=C/C(CC)C(=O)CC(O[Si](C)(C)C(C)(C)C)C2C)C(OC)CC3C)CCC1O. The molecule has 65 heavy (non-hydrogen) atoms. The van der Waals surface area contributed by atoms with Crippen LogP contribution in [0.15, 0.2) is 36.0 Å². The first-order chi connectivity index (χ1) is 30.4. The monoisotopic (exact) mass is 932 g/mol. The van der Waals surface area contributed by atoms with E-state index in [0.29, 0.717) is 58.0 Å². The van der Waals surface area contributed by atoms with E-state index in [0.717, 1.165) is 11.1 Å². The Morgan fingerprint density at radius 2 is 1.63 bits per heavy atom. The number of Topliss-reactive ketones (excluding diaryl/α,β-unsaturated/α-hetero) is 2. The van der Waals surface area contributed by atoms with Gasteiger partial charge >= 0.3 is 5.97 Å². The van der Waals surface area contributed by atoms with E-state index in [1.807, 2.05) is 27.7 Å². The number of carbonyl (C=O) groups is 4. The lowest BCUT2D eigenvalue weighted by atomic mass is 9.81. The number of amides is 1. The number of methoxy groups -OCH3 is 2. The Kier molecular flexibility index (Phi) is 20.0. The third kappa shape index (κ3) is 13.6. The lowest BCUT2D eigenvalue weighted by Crippen LogP contribution is -2.64. The fraction of sp³-hybridized carbons (Fsp3) is 0.804. The minimum absolute atomic E-state index is 0.00605. The van der Waals surface area contributed by atoms with Gasteiger partial charge in [-0.2, -0.15) is 0 Å². The number of allylic oxidation sites excluding steroid dienone is 3. The Morgan fingerprint density at radius 3 is 2.25 bits per heavy atom. The lowest BCUT2D eigenvalue weighted by molar-refractivity contribution is -0.302. The number of hydrogen-bond acceptors (Lipinski definition) is 12. The Hall–Kier alpha value is -2.56. The highest BCUT2D eigenvalue weighted by Gasteiger charge is 2.57. The summed E-state index contributed by atoms with van der Waals surface area (Å²) in [5, 5.41) is 22.8. The summed E-state index contributed by atoms with van der Waals surface area (Å²) in [6, 6.07) is -1.12. The molecule has 0 radical (unpaired) electrons. The first-order valence-corrected chi connectivity index (χ1v) is 27.3. The minimum atomic E-state index is -2.54. The number of hydrogen-bond donors (Lipinski definition) is 2. The molecule has 0 aromatic carbocycles. The van der Waals surface area contributed by atoms with Crippen molar-refractivity contribution in [2.45, 2.75) is 206 Å². The van der Waals surface area contributed by atoms with E-state index in [1.54, 1.807) is 27.2 Å². The molecule has 0 aromatic rings. The van der Waals surface area contributed by atoms with Gasteiger partial charge in [0, 0.05) is 44.9 Å². The van der Waals surface area contributed by atoms with Crippen molar-refractivity contribution in [1.29, 1.82) is 0 Å². The third-order valence-electron chi connectivity index (χ3n) is 15.2. The molecule has 2 N–H and O–H groups in total. The van der Waals surface area contributed by atoms with Crippen molar-refractivity contribution in [2.75, 3.05) is 27.4 Å². The van der Waals surface area contributed by atoms with Gasteiger partial charge in [-0.15, -0.1) is 6.58 Å². The Balaban J connectivity index is 1.88. The predicted octanol–water partition coefficient (Wildman–Crippen LogP) is 8.06. The second-order valence-corrected chi connectivity index (χ2v) is 26.1. The van der Waals surface area contributed by atoms with Gasteiger partial charge in [0.1, 0.15) is 24.0 Å². The number of carbonyl (C=O) groups excluding carboxylic acids is 4. The molecular formula is C51H85NO12Si. The molecule has 13 nitrogen and oxygen atoms in total. The fourth-order valence-corrected chi connectivity index (χ4v) is 11.6. The van der Waals surface area contributed by atoms with Crippen LogP contribution < -0.4 is 0 Å². The maximum Gasteiger partial charge on any atom is 0.329 e. The maximum atomic E-state index is 14.8. The summed E-state index contributed by atoms with van der Waals surface area (Å²) < 4.78 is 38.0. The Bertz CT molecular complexity index is 1710. The van der Waals surface area contributed by atoms with E-state index >= 15 is 0 Å². The van der Waals surface area contributed by atoms with E-state index in [1.165, 1.54) is 4.90 Å². The summed E-state index contributed by atoms with van der Waals surface area (Å²) in [6.07, 6.45) is 6.54. The van der Waals surface area contributed by atoms with Gasteiger partial charge in [0.15, 0.2) is 8.32 Å². The minimum Gasteiger partial charge on any atom is -0.456 e. The quantitative estimate of drug-likeness (QED) is 0.0938. The van der Waals surface area contributed by atoms with Crippen LogP contribution in [-0.2, 0) is 47.3 Å². The molecule has 0 spiro atoms. The molecule has 1 saturated carbocycles. The van der Waals surface area contributed by atoms with Crippen LogP contribution in [0.4, 0.5) is 0 Å². The van der Waals surface area contributed by atoms with Crippen molar-refractivity contribution < 1.29 is 57.5 Å². The van der Waals surface area contributed by atoms with Crippen molar-refractivity contribution >= 4 is 31.8 Å². The number of nitrogens with zero attached hydrogens (tertiary/aromatic N) is 1.